The van der Waals surface area contributed by atoms with Gasteiger partial charge in [-0.25, -0.2) is 8.42 Å². The van der Waals surface area contributed by atoms with E-state index in [9.17, 15) is 18.3 Å². The molecular formula is C14H23N3O4S. The maximum Gasteiger partial charge on any atom is 0.322 e. The first kappa shape index (κ1) is 17.0. The number of hydrogen-bond donors (Lipinski definition) is 1. The van der Waals surface area contributed by atoms with E-state index in [4.69, 9.17) is 0 Å². The summed E-state index contributed by atoms with van der Waals surface area (Å²) < 4.78 is 28.6. The fraction of sp³-hybridized carbons (Fsp3) is 0.714. The summed E-state index contributed by atoms with van der Waals surface area (Å²) in [6.45, 7) is 8.32. The normalized spacial score (nSPS) is 20.0. The lowest BCUT2D eigenvalue weighted by atomic mass is 10.2. The molecule has 0 aliphatic carbocycles. The van der Waals surface area contributed by atoms with Crippen molar-refractivity contribution in [1.29, 1.82) is 0 Å². The molecule has 0 radical (unpaired) electrons. The number of sulfonamides is 1. The average molecular weight is 329 g/mol. The maximum absolute atomic E-state index is 12.9. The molecule has 0 aromatic carbocycles. The van der Waals surface area contributed by atoms with E-state index in [0.29, 0.717) is 36.7 Å². The van der Waals surface area contributed by atoms with Gasteiger partial charge in [0.25, 0.3) is 0 Å². The quantitative estimate of drug-likeness (QED) is 0.881. The first-order valence-corrected chi connectivity index (χ1v) is 8.89. The molecule has 8 heteroatoms. The third kappa shape index (κ3) is 2.89. The topological polar surface area (TPSA) is 92.5 Å². The predicted molar refractivity (Wildman–Crippen MR) is 81.1 cm³/mol. The van der Waals surface area contributed by atoms with Crippen molar-refractivity contribution in [2.45, 2.75) is 58.0 Å². The van der Waals surface area contributed by atoms with Gasteiger partial charge in [0.15, 0.2) is 0 Å². The van der Waals surface area contributed by atoms with Crippen molar-refractivity contribution in [2.24, 2.45) is 5.92 Å². The molecule has 1 saturated heterocycles. The Balaban J connectivity index is 2.46. The summed E-state index contributed by atoms with van der Waals surface area (Å²) in [6.07, 6.45) is 0.918. The van der Waals surface area contributed by atoms with Crippen LogP contribution < -0.4 is 0 Å². The van der Waals surface area contributed by atoms with Gasteiger partial charge in [-0.2, -0.15) is 9.40 Å². The molecule has 1 fully saturated rings. The standard InChI is InChI=1S/C14H23N3O4S/c1-9(2)8-16-11(4)13(10(3)15-16)22(20,21)17-7-5-6-12(17)14(18)19/h9,12H,5-8H2,1-4H3,(H,18,19). The number of hydrogen-bond acceptors (Lipinski definition) is 4. The highest BCUT2D eigenvalue weighted by atomic mass is 32.2. The van der Waals surface area contributed by atoms with E-state index in [2.05, 4.69) is 5.10 Å². The number of aliphatic carboxylic acids is 1. The molecule has 1 atom stereocenters. The van der Waals surface area contributed by atoms with Crippen molar-refractivity contribution >= 4 is 16.0 Å². The zero-order valence-corrected chi connectivity index (χ0v) is 14.2. The molecule has 0 spiro atoms. The number of carboxylic acid groups (broad SMARTS) is 1. The van der Waals surface area contributed by atoms with Crippen molar-refractivity contribution in [1.82, 2.24) is 14.1 Å². The van der Waals surface area contributed by atoms with E-state index in [0.717, 1.165) is 4.31 Å². The van der Waals surface area contributed by atoms with Crippen molar-refractivity contribution < 1.29 is 18.3 Å². The molecule has 2 rings (SSSR count). The van der Waals surface area contributed by atoms with Crippen LogP contribution in [-0.2, 0) is 21.4 Å². The number of aryl methyl sites for hydroxylation is 1. The smallest absolute Gasteiger partial charge is 0.322 e. The van der Waals surface area contributed by atoms with Crippen LogP contribution >= 0.6 is 0 Å². The molecule has 22 heavy (non-hydrogen) atoms. The van der Waals surface area contributed by atoms with E-state index in [1.165, 1.54) is 0 Å². The van der Waals surface area contributed by atoms with E-state index in [1.807, 2.05) is 13.8 Å². The van der Waals surface area contributed by atoms with Gasteiger partial charge in [-0.15, -0.1) is 0 Å². The first-order chi connectivity index (χ1) is 10.2. The average Bonchev–Trinajstić information content (AvgIpc) is 2.95. The zero-order valence-electron chi connectivity index (χ0n) is 13.4. The van der Waals surface area contributed by atoms with Crippen molar-refractivity contribution in [3.05, 3.63) is 11.4 Å². The van der Waals surface area contributed by atoms with Crippen LogP contribution in [0.3, 0.4) is 0 Å². The summed E-state index contributed by atoms with van der Waals surface area (Å²) in [5.41, 5.74) is 0.997. The van der Waals surface area contributed by atoms with Gasteiger partial charge in [-0.3, -0.25) is 9.48 Å². The van der Waals surface area contributed by atoms with E-state index >= 15 is 0 Å². The minimum absolute atomic E-state index is 0.154. The highest BCUT2D eigenvalue weighted by Crippen LogP contribution is 2.30. The summed E-state index contributed by atoms with van der Waals surface area (Å²) in [5.74, 6) is -0.752. The Morgan fingerprint density at radius 1 is 1.41 bits per heavy atom. The van der Waals surface area contributed by atoms with Crippen LogP contribution in [0.2, 0.25) is 0 Å². The molecule has 1 aliphatic heterocycles. The summed E-state index contributed by atoms with van der Waals surface area (Å²) >= 11 is 0. The number of rotatable bonds is 5. The predicted octanol–water partition coefficient (Wildman–Crippen LogP) is 1.39. The van der Waals surface area contributed by atoms with Crippen LogP contribution in [0.25, 0.3) is 0 Å². The highest BCUT2D eigenvalue weighted by molar-refractivity contribution is 7.89. The van der Waals surface area contributed by atoms with Gasteiger partial charge < -0.3 is 5.11 Å². The summed E-state index contributed by atoms with van der Waals surface area (Å²) in [4.78, 5) is 11.4. The summed E-state index contributed by atoms with van der Waals surface area (Å²) in [6, 6.07) is -0.975. The van der Waals surface area contributed by atoms with Crippen LogP contribution in [0.15, 0.2) is 4.90 Å². The Morgan fingerprint density at radius 2 is 2.05 bits per heavy atom. The Labute approximate surface area is 131 Å². The Bertz CT molecular complexity index is 679. The molecule has 124 valence electrons. The fourth-order valence-corrected chi connectivity index (χ4v) is 5.00. The van der Waals surface area contributed by atoms with Gasteiger partial charge in [-0.1, -0.05) is 13.8 Å². The van der Waals surface area contributed by atoms with Gasteiger partial charge in [0, 0.05) is 13.1 Å². The number of carboxylic acids is 1. The Morgan fingerprint density at radius 3 is 2.59 bits per heavy atom. The monoisotopic (exact) mass is 329 g/mol. The van der Waals surface area contributed by atoms with Gasteiger partial charge >= 0.3 is 5.97 Å². The molecule has 7 nitrogen and oxygen atoms in total. The lowest BCUT2D eigenvalue weighted by Crippen LogP contribution is -2.40. The minimum atomic E-state index is -3.84. The van der Waals surface area contributed by atoms with E-state index in [-0.39, 0.29) is 11.4 Å². The lowest BCUT2D eigenvalue weighted by Gasteiger charge is -2.21. The largest absolute Gasteiger partial charge is 0.480 e. The highest BCUT2D eigenvalue weighted by Gasteiger charge is 2.41. The molecule has 1 aromatic heterocycles. The van der Waals surface area contributed by atoms with Gasteiger partial charge in [-0.05, 0) is 32.6 Å². The first-order valence-electron chi connectivity index (χ1n) is 7.45. The molecule has 1 unspecified atom stereocenters. The molecule has 2 heterocycles. The fourth-order valence-electron chi connectivity index (χ4n) is 2.97. The second kappa shape index (κ2) is 6.00. The molecule has 1 aromatic rings. The number of carbonyl (C=O) groups is 1. The van der Waals surface area contributed by atoms with E-state index < -0.39 is 22.0 Å². The van der Waals surface area contributed by atoms with Gasteiger partial charge in [0.2, 0.25) is 10.0 Å². The SMILES string of the molecule is Cc1nn(CC(C)C)c(C)c1S(=O)(=O)N1CCCC1C(=O)O. The van der Waals surface area contributed by atoms with Crippen molar-refractivity contribution in [3.63, 3.8) is 0 Å². The van der Waals surface area contributed by atoms with E-state index in [1.54, 1.807) is 18.5 Å². The molecule has 1 aliphatic rings. The van der Waals surface area contributed by atoms with Crippen LogP contribution in [0.1, 0.15) is 38.1 Å². The minimum Gasteiger partial charge on any atom is -0.480 e. The van der Waals surface area contributed by atoms with Crippen LogP contribution in [-0.4, -0.2) is 46.2 Å². The van der Waals surface area contributed by atoms with Gasteiger partial charge in [0.05, 0.1) is 11.4 Å². The lowest BCUT2D eigenvalue weighted by molar-refractivity contribution is -0.140. The molecule has 1 N–H and O–H groups in total. The molecule has 0 saturated carbocycles. The Kier molecular flexibility index (Phi) is 4.62. The van der Waals surface area contributed by atoms with Crippen LogP contribution in [0, 0.1) is 19.8 Å². The summed E-state index contributed by atoms with van der Waals surface area (Å²) in [5, 5.41) is 13.6. The van der Waals surface area contributed by atoms with Crippen molar-refractivity contribution in [2.75, 3.05) is 6.54 Å². The van der Waals surface area contributed by atoms with Crippen molar-refractivity contribution in [3.8, 4) is 0 Å². The zero-order chi connectivity index (χ0) is 16.7. The second-order valence-corrected chi connectivity index (χ2v) is 8.02. The third-order valence-corrected chi connectivity index (χ3v) is 6.07. The maximum atomic E-state index is 12.9. The van der Waals surface area contributed by atoms with Crippen LogP contribution in [0.4, 0.5) is 0 Å². The number of aromatic nitrogens is 2. The summed E-state index contributed by atoms with van der Waals surface area (Å²) in [7, 11) is -3.84. The third-order valence-electron chi connectivity index (χ3n) is 3.91. The van der Waals surface area contributed by atoms with Gasteiger partial charge in [0.1, 0.15) is 10.9 Å². The second-order valence-electron chi connectivity index (χ2n) is 6.19. The molecule has 0 amide bonds. The van der Waals surface area contributed by atoms with Crippen LogP contribution in [0.5, 0.6) is 0 Å². The number of nitrogens with zero attached hydrogens (tertiary/aromatic N) is 3. The molecular weight excluding hydrogens is 306 g/mol. The molecule has 0 bridgehead atoms. The Hall–Kier alpha value is -1.41.